The van der Waals surface area contributed by atoms with Crippen LogP contribution in [0.1, 0.15) is 25.8 Å². The third kappa shape index (κ3) is 5.60. The van der Waals surface area contributed by atoms with Gasteiger partial charge in [0.05, 0.1) is 0 Å². The minimum atomic E-state index is 0. The Kier molecular flexibility index (Phi) is 8.89. The Morgan fingerprint density at radius 1 is 1.22 bits per heavy atom. The molecule has 0 radical (unpaired) electrons. The normalized spacial score (nSPS) is 19.7. The van der Waals surface area contributed by atoms with E-state index in [0.29, 0.717) is 6.04 Å². The molecule has 1 atom stereocenters. The lowest BCUT2D eigenvalue weighted by molar-refractivity contribution is 0.223. The van der Waals surface area contributed by atoms with Gasteiger partial charge in [-0.25, -0.2) is 0 Å². The van der Waals surface area contributed by atoms with Crippen LogP contribution in [-0.4, -0.2) is 68.1 Å². The number of likely N-dealkylation sites (N-methyl/N-ethyl adjacent to an activating group) is 1. The maximum atomic E-state index is 4.52. The highest BCUT2D eigenvalue weighted by Gasteiger charge is 2.27. The van der Waals surface area contributed by atoms with Crippen LogP contribution >= 0.6 is 24.0 Å². The summed E-state index contributed by atoms with van der Waals surface area (Å²) in [7, 11) is 1.89. The summed E-state index contributed by atoms with van der Waals surface area (Å²) in [6.45, 7) is 11.7. The van der Waals surface area contributed by atoms with Crippen LogP contribution in [-0.2, 0) is 6.54 Å². The molecular weight excluding hydrogens is 449 g/mol. The number of benzene rings is 1. The monoisotopic (exact) mass is 483 g/mol. The van der Waals surface area contributed by atoms with Gasteiger partial charge in [-0.1, -0.05) is 38.1 Å². The SMILES string of the molecule is CCN(CC)C1CCN(C(=NC)NCc2cccc(N3CC=CC3)c2)C1.I. The Balaban J connectivity index is 0.00000261. The van der Waals surface area contributed by atoms with E-state index in [4.69, 9.17) is 0 Å². The summed E-state index contributed by atoms with van der Waals surface area (Å²) in [5.74, 6) is 1.02. The van der Waals surface area contributed by atoms with E-state index < -0.39 is 0 Å². The molecule has 1 saturated heterocycles. The van der Waals surface area contributed by atoms with Crippen LogP contribution in [0.25, 0.3) is 0 Å². The zero-order chi connectivity index (χ0) is 18.4. The van der Waals surface area contributed by atoms with Crippen LogP contribution in [0.4, 0.5) is 5.69 Å². The molecule has 5 nitrogen and oxygen atoms in total. The summed E-state index contributed by atoms with van der Waals surface area (Å²) in [4.78, 5) is 11.9. The van der Waals surface area contributed by atoms with Gasteiger partial charge in [-0.3, -0.25) is 9.89 Å². The number of hydrogen-bond acceptors (Lipinski definition) is 3. The minimum absolute atomic E-state index is 0. The van der Waals surface area contributed by atoms with Crippen molar-refractivity contribution in [1.82, 2.24) is 15.1 Å². The van der Waals surface area contributed by atoms with Crippen molar-refractivity contribution in [1.29, 1.82) is 0 Å². The second kappa shape index (κ2) is 10.9. The molecule has 0 aliphatic carbocycles. The van der Waals surface area contributed by atoms with Gasteiger partial charge in [-0.05, 0) is 37.2 Å². The highest BCUT2D eigenvalue weighted by molar-refractivity contribution is 14.0. The molecule has 2 heterocycles. The maximum absolute atomic E-state index is 4.52. The lowest BCUT2D eigenvalue weighted by Crippen LogP contribution is -2.43. The standard InChI is InChI=1S/C21H33N5.HI/c1-4-24(5-2)20-11-14-26(17-20)21(22-3)23-16-18-9-8-10-19(15-18)25-12-6-7-13-25;/h6-10,15,20H,4-5,11-14,16-17H2,1-3H3,(H,22,23);1H. The van der Waals surface area contributed by atoms with E-state index in [2.05, 4.69) is 75.3 Å². The van der Waals surface area contributed by atoms with Crippen molar-refractivity contribution in [2.24, 2.45) is 4.99 Å². The predicted octanol–water partition coefficient (Wildman–Crippen LogP) is 3.17. The van der Waals surface area contributed by atoms with Crippen molar-refractivity contribution in [3.8, 4) is 0 Å². The molecule has 0 bridgehead atoms. The zero-order valence-corrected chi connectivity index (χ0v) is 19.2. The second-order valence-electron chi connectivity index (χ2n) is 7.06. The number of halogens is 1. The smallest absolute Gasteiger partial charge is 0.193 e. The van der Waals surface area contributed by atoms with Crippen LogP contribution in [0.15, 0.2) is 41.4 Å². The lowest BCUT2D eigenvalue weighted by atomic mass is 10.2. The first-order chi connectivity index (χ1) is 12.7. The minimum Gasteiger partial charge on any atom is -0.364 e. The van der Waals surface area contributed by atoms with Gasteiger partial charge in [-0.2, -0.15) is 0 Å². The van der Waals surface area contributed by atoms with Gasteiger partial charge in [0.1, 0.15) is 0 Å². The molecule has 0 amide bonds. The van der Waals surface area contributed by atoms with E-state index in [1.807, 2.05) is 7.05 Å². The Morgan fingerprint density at radius 2 is 1.96 bits per heavy atom. The molecule has 150 valence electrons. The third-order valence-corrected chi connectivity index (χ3v) is 5.55. The largest absolute Gasteiger partial charge is 0.364 e. The molecule has 2 aliphatic heterocycles. The Hall–Kier alpha value is -1.28. The van der Waals surface area contributed by atoms with E-state index in [-0.39, 0.29) is 24.0 Å². The highest BCUT2D eigenvalue weighted by Crippen LogP contribution is 2.19. The van der Waals surface area contributed by atoms with E-state index in [1.165, 1.54) is 17.7 Å². The number of anilines is 1. The van der Waals surface area contributed by atoms with Gasteiger partial charge in [0.25, 0.3) is 0 Å². The van der Waals surface area contributed by atoms with Crippen LogP contribution < -0.4 is 10.2 Å². The Labute approximate surface area is 181 Å². The first-order valence-electron chi connectivity index (χ1n) is 9.93. The molecule has 27 heavy (non-hydrogen) atoms. The molecule has 1 aromatic rings. The molecule has 0 spiro atoms. The van der Waals surface area contributed by atoms with Crippen molar-refractivity contribution >= 4 is 35.6 Å². The van der Waals surface area contributed by atoms with Crippen molar-refractivity contribution in [2.75, 3.05) is 51.2 Å². The summed E-state index contributed by atoms with van der Waals surface area (Å²) in [5.41, 5.74) is 2.60. The third-order valence-electron chi connectivity index (χ3n) is 5.55. The van der Waals surface area contributed by atoms with E-state index in [0.717, 1.165) is 51.8 Å². The average molecular weight is 483 g/mol. The summed E-state index contributed by atoms with van der Waals surface area (Å²) < 4.78 is 0. The van der Waals surface area contributed by atoms with Crippen LogP contribution in [0.2, 0.25) is 0 Å². The van der Waals surface area contributed by atoms with Gasteiger partial charge >= 0.3 is 0 Å². The van der Waals surface area contributed by atoms with E-state index in [1.54, 1.807) is 0 Å². The van der Waals surface area contributed by atoms with Crippen molar-refractivity contribution in [2.45, 2.75) is 32.9 Å². The molecule has 1 unspecified atom stereocenters. The number of aliphatic imine (C=N–C) groups is 1. The molecule has 6 heteroatoms. The first kappa shape index (κ1) is 22.0. The molecule has 3 rings (SSSR count). The second-order valence-corrected chi connectivity index (χ2v) is 7.06. The number of likely N-dealkylation sites (tertiary alicyclic amines) is 1. The van der Waals surface area contributed by atoms with Gasteiger partial charge in [0.15, 0.2) is 5.96 Å². The fraction of sp³-hybridized carbons (Fsp3) is 0.571. The molecule has 1 aromatic carbocycles. The van der Waals surface area contributed by atoms with Crippen LogP contribution in [0.5, 0.6) is 0 Å². The fourth-order valence-electron chi connectivity index (χ4n) is 4.04. The fourth-order valence-corrected chi connectivity index (χ4v) is 4.04. The average Bonchev–Trinajstić information content (AvgIpc) is 3.36. The van der Waals surface area contributed by atoms with Crippen molar-refractivity contribution in [3.63, 3.8) is 0 Å². The zero-order valence-electron chi connectivity index (χ0n) is 16.9. The Bertz CT molecular complexity index is 633. The Morgan fingerprint density at radius 3 is 2.63 bits per heavy atom. The predicted molar refractivity (Wildman–Crippen MR) is 126 cm³/mol. The number of hydrogen-bond donors (Lipinski definition) is 1. The number of guanidine groups is 1. The summed E-state index contributed by atoms with van der Waals surface area (Å²) in [6, 6.07) is 9.47. The van der Waals surface area contributed by atoms with Gasteiger partial charge in [-0.15, -0.1) is 24.0 Å². The number of rotatable bonds is 6. The lowest BCUT2D eigenvalue weighted by Gasteiger charge is -2.27. The van der Waals surface area contributed by atoms with E-state index in [9.17, 15) is 0 Å². The number of nitrogens with one attached hydrogen (secondary N) is 1. The van der Waals surface area contributed by atoms with Gasteiger partial charge in [0, 0.05) is 51.5 Å². The first-order valence-corrected chi connectivity index (χ1v) is 9.93. The summed E-state index contributed by atoms with van der Waals surface area (Å²) in [6.07, 6.45) is 5.68. The quantitative estimate of drug-likeness (QED) is 0.292. The van der Waals surface area contributed by atoms with Crippen molar-refractivity contribution in [3.05, 3.63) is 42.0 Å². The molecular formula is C21H34IN5. The van der Waals surface area contributed by atoms with Gasteiger partial charge in [0.2, 0.25) is 0 Å². The highest BCUT2D eigenvalue weighted by atomic mass is 127. The molecule has 2 aliphatic rings. The van der Waals surface area contributed by atoms with Crippen molar-refractivity contribution < 1.29 is 0 Å². The molecule has 1 fully saturated rings. The van der Waals surface area contributed by atoms with E-state index >= 15 is 0 Å². The molecule has 1 N–H and O–H groups in total. The summed E-state index contributed by atoms with van der Waals surface area (Å²) in [5, 5.41) is 3.56. The number of nitrogens with zero attached hydrogens (tertiary/aromatic N) is 4. The molecule has 0 saturated carbocycles. The van der Waals surface area contributed by atoms with Crippen LogP contribution in [0.3, 0.4) is 0 Å². The van der Waals surface area contributed by atoms with Crippen LogP contribution in [0, 0.1) is 0 Å². The summed E-state index contributed by atoms with van der Waals surface area (Å²) >= 11 is 0. The maximum Gasteiger partial charge on any atom is 0.193 e. The topological polar surface area (TPSA) is 34.1 Å². The molecule has 0 aromatic heterocycles. The van der Waals surface area contributed by atoms with Gasteiger partial charge < -0.3 is 15.1 Å².